The first-order valence-electron chi connectivity index (χ1n) is 10.7. The third kappa shape index (κ3) is 5.86. The second kappa shape index (κ2) is 9.83. The molecule has 1 saturated heterocycles. The third-order valence-electron chi connectivity index (χ3n) is 5.72. The number of likely N-dealkylation sites (tertiary alicyclic amines) is 1. The Morgan fingerprint density at radius 2 is 1.77 bits per heavy atom. The van der Waals surface area contributed by atoms with Crippen molar-refractivity contribution in [1.29, 1.82) is 0 Å². The minimum Gasteiger partial charge on any atom is -0.497 e. The molecular weight excluding hydrogens is 412 g/mol. The summed E-state index contributed by atoms with van der Waals surface area (Å²) in [5.74, 6) is 1.07. The maximum absolute atomic E-state index is 13.3. The molecule has 0 radical (unpaired) electrons. The number of hydrogen-bond donors (Lipinski definition) is 1. The lowest BCUT2D eigenvalue weighted by Gasteiger charge is -2.25. The van der Waals surface area contributed by atoms with Gasteiger partial charge in [-0.15, -0.1) is 0 Å². The van der Waals surface area contributed by atoms with E-state index >= 15 is 0 Å². The Hall–Kier alpha value is -2.38. The van der Waals surface area contributed by atoms with Crippen LogP contribution in [0.1, 0.15) is 43.7 Å². The fourth-order valence-electron chi connectivity index (χ4n) is 3.97. The SMILES string of the molecule is COc1ccc(C2CCN(C(=O)C(CC(C)C)NS(=O)(=O)c3ccc(C)cc3)C2)cc1. The van der Waals surface area contributed by atoms with Crippen molar-refractivity contribution in [1.82, 2.24) is 9.62 Å². The van der Waals surface area contributed by atoms with E-state index in [0.717, 1.165) is 23.3 Å². The van der Waals surface area contributed by atoms with Crippen molar-refractivity contribution in [2.45, 2.75) is 50.5 Å². The summed E-state index contributed by atoms with van der Waals surface area (Å²) in [6, 6.07) is 13.8. The number of amides is 1. The Balaban J connectivity index is 1.73. The summed E-state index contributed by atoms with van der Waals surface area (Å²) in [7, 11) is -2.14. The average Bonchev–Trinajstić information content (AvgIpc) is 3.23. The Morgan fingerprint density at radius 1 is 1.13 bits per heavy atom. The molecule has 1 aliphatic heterocycles. The molecule has 0 spiro atoms. The number of hydrogen-bond acceptors (Lipinski definition) is 4. The molecule has 0 aliphatic carbocycles. The summed E-state index contributed by atoms with van der Waals surface area (Å²) in [5, 5.41) is 0. The Labute approximate surface area is 185 Å². The van der Waals surface area contributed by atoms with Crippen molar-refractivity contribution in [3.05, 3.63) is 59.7 Å². The van der Waals surface area contributed by atoms with E-state index in [4.69, 9.17) is 4.74 Å². The first-order chi connectivity index (χ1) is 14.7. The van der Waals surface area contributed by atoms with Gasteiger partial charge in [0, 0.05) is 19.0 Å². The van der Waals surface area contributed by atoms with Crippen LogP contribution in [0.4, 0.5) is 0 Å². The molecule has 31 heavy (non-hydrogen) atoms. The number of aryl methyl sites for hydroxylation is 1. The number of rotatable bonds is 8. The molecule has 7 heteroatoms. The summed E-state index contributed by atoms with van der Waals surface area (Å²) in [4.78, 5) is 15.3. The van der Waals surface area contributed by atoms with Gasteiger partial charge in [-0.3, -0.25) is 4.79 Å². The monoisotopic (exact) mass is 444 g/mol. The second-order valence-electron chi connectivity index (χ2n) is 8.66. The molecule has 0 saturated carbocycles. The molecule has 2 aromatic rings. The zero-order valence-electron chi connectivity index (χ0n) is 18.7. The highest BCUT2D eigenvalue weighted by Gasteiger charge is 2.34. The topological polar surface area (TPSA) is 75.7 Å². The first-order valence-corrected chi connectivity index (χ1v) is 12.2. The summed E-state index contributed by atoms with van der Waals surface area (Å²) in [6.45, 7) is 7.10. The summed E-state index contributed by atoms with van der Waals surface area (Å²) < 4.78 is 33.7. The lowest BCUT2D eigenvalue weighted by molar-refractivity contribution is -0.132. The number of carbonyl (C=O) groups is 1. The van der Waals surface area contributed by atoms with Gasteiger partial charge in [0.25, 0.3) is 0 Å². The number of methoxy groups -OCH3 is 1. The molecule has 2 atom stereocenters. The number of ether oxygens (including phenoxy) is 1. The molecule has 0 aromatic heterocycles. The minimum absolute atomic E-state index is 0.152. The van der Waals surface area contributed by atoms with Crippen molar-refractivity contribution >= 4 is 15.9 Å². The lowest BCUT2D eigenvalue weighted by atomic mass is 9.98. The van der Waals surface area contributed by atoms with Gasteiger partial charge in [-0.1, -0.05) is 43.7 Å². The molecule has 2 aromatic carbocycles. The number of nitrogens with zero attached hydrogens (tertiary/aromatic N) is 1. The number of sulfonamides is 1. The molecule has 1 heterocycles. The van der Waals surface area contributed by atoms with Crippen molar-refractivity contribution < 1.29 is 17.9 Å². The fraction of sp³-hybridized carbons (Fsp3) is 0.458. The minimum atomic E-state index is -3.78. The van der Waals surface area contributed by atoms with Crippen molar-refractivity contribution in [2.75, 3.05) is 20.2 Å². The van der Waals surface area contributed by atoms with Gasteiger partial charge in [0.2, 0.25) is 15.9 Å². The van der Waals surface area contributed by atoms with Crippen molar-refractivity contribution in [3.8, 4) is 5.75 Å². The average molecular weight is 445 g/mol. The smallest absolute Gasteiger partial charge is 0.241 e. The molecule has 1 amide bonds. The fourth-order valence-corrected chi connectivity index (χ4v) is 5.17. The maximum atomic E-state index is 13.3. The third-order valence-corrected chi connectivity index (χ3v) is 7.21. The highest BCUT2D eigenvalue weighted by molar-refractivity contribution is 7.89. The van der Waals surface area contributed by atoms with Crippen LogP contribution in [0.25, 0.3) is 0 Å². The van der Waals surface area contributed by atoms with Crippen LogP contribution >= 0.6 is 0 Å². The van der Waals surface area contributed by atoms with E-state index in [0.29, 0.717) is 19.5 Å². The van der Waals surface area contributed by atoms with Crippen LogP contribution in [-0.2, 0) is 14.8 Å². The zero-order chi connectivity index (χ0) is 22.6. The molecule has 6 nitrogen and oxygen atoms in total. The number of benzene rings is 2. The Bertz CT molecular complexity index is 985. The molecule has 1 aliphatic rings. The van der Waals surface area contributed by atoms with Gasteiger partial charge in [0.05, 0.1) is 12.0 Å². The first kappa shape index (κ1) is 23.3. The van der Waals surface area contributed by atoms with Gasteiger partial charge >= 0.3 is 0 Å². The predicted octanol–water partition coefficient (Wildman–Crippen LogP) is 3.71. The molecule has 168 valence electrons. The van der Waals surface area contributed by atoms with Crippen LogP contribution in [0, 0.1) is 12.8 Å². The van der Waals surface area contributed by atoms with E-state index in [1.807, 2.05) is 45.0 Å². The Morgan fingerprint density at radius 3 is 2.35 bits per heavy atom. The summed E-state index contributed by atoms with van der Waals surface area (Å²) in [6.07, 6.45) is 1.31. The normalized spacial score (nSPS) is 17.7. The molecule has 1 N–H and O–H groups in total. The Kier molecular flexibility index (Phi) is 7.38. The van der Waals surface area contributed by atoms with Crippen molar-refractivity contribution in [3.63, 3.8) is 0 Å². The summed E-state index contributed by atoms with van der Waals surface area (Å²) in [5.41, 5.74) is 2.15. The van der Waals surface area contributed by atoms with E-state index in [9.17, 15) is 13.2 Å². The van der Waals surface area contributed by atoms with E-state index in [2.05, 4.69) is 4.72 Å². The van der Waals surface area contributed by atoms with Gasteiger partial charge in [-0.05, 0) is 55.5 Å². The second-order valence-corrected chi connectivity index (χ2v) is 10.4. The van der Waals surface area contributed by atoms with E-state index in [1.165, 1.54) is 0 Å². The molecule has 0 bridgehead atoms. The highest BCUT2D eigenvalue weighted by atomic mass is 32.2. The summed E-state index contributed by atoms with van der Waals surface area (Å²) >= 11 is 0. The maximum Gasteiger partial charge on any atom is 0.241 e. The quantitative estimate of drug-likeness (QED) is 0.673. The van der Waals surface area contributed by atoms with Gasteiger partial charge < -0.3 is 9.64 Å². The highest BCUT2D eigenvalue weighted by Crippen LogP contribution is 2.29. The van der Waals surface area contributed by atoms with E-state index in [1.54, 1.807) is 36.3 Å². The van der Waals surface area contributed by atoms with Crippen molar-refractivity contribution in [2.24, 2.45) is 5.92 Å². The van der Waals surface area contributed by atoms with E-state index < -0.39 is 16.1 Å². The van der Waals surface area contributed by atoms with Crippen LogP contribution in [0.15, 0.2) is 53.4 Å². The van der Waals surface area contributed by atoms with Gasteiger partial charge in [-0.25, -0.2) is 8.42 Å². The largest absolute Gasteiger partial charge is 0.497 e. The van der Waals surface area contributed by atoms with Crippen LogP contribution in [0.3, 0.4) is 0 Å². The predicted molar refractivity (Wildman–Crippen MR) is 122 cm³/mol. The molecular formula is C24H32N2O4S. The van der Waals surface area contributed by atoms with Gasteiger partial charge in [-0.2, -0.15) is 4.72 Å². The van der Waals surface area contributed by atoms with E-state index in [-0.39, 0.29) is 22.6 Å². The lowest BCUT2D eigenvalue weighted by Crippen LogP contribution is -2.48. The standard InChI is InChI=1S/C24H32N2O4S/c1-17(2)15-23(25-31(28,29)22-11-5-18(3)6-12-22)24(27)26-14-13-20(16-26)19-7-9-21(30-4)10-8-19/h5-12,17,20,23,25H,13-16H2,1-4H3. The van der Waals surface area contributed by atoms with Crippen LogP contribution < -0.4 is 9.46 Å². The molecule has 2 unspecified atom stereocenters. The zero-order valence-corrected chi connectivity index (χ0v) is 19.5. The van der Waals surface area contributed by atoms with Gasteiger partial charge in [0.1, 0.15) is 11.8 Å². The van der Waals surface area contributed by atoms with Crippen LogP contribution in [-0.4, -0.2) is 45.5 Å². The number of carbonyl (C=O) groups excluding carboxylic acids is 1. The van der Waals surface area contributed by atoms with Crippen LogP contribution in [0.2, 0.25) is 0 Å². The van der Waals surface area contributed by atoms with Gasteiger partial charge in [0.15, 0.2) is 0 Å². The molecule has 3 rings (SSSR count). The van der Waals surface area contributed by atoms with Crippen LogP contribution in [0.5, 0.6) is 5.75 Å². The number of nitrogens with one attached hydrogen (secondary N) is 1. The molecule has 1 fully saturated rings.